The molecule has 0 aromatic heterocycles. The Bertz CT molecular complexity index is 177. The van der Waals surface area contributed by atoms with Crippen molar-refractivity contribution in [2.45, 2.75) is 25.9 Å². The first kappa shape index (κ1) is 11.5. The third-order valence-electron chi connectivity index (χ3n) is 2.53. The van der Waals surface area contributed by atoms with Gasteiger partial charge in [-0.3, -0.25) is 4.79 Å². The fourth-order valence-electron chi connectivity index (χ4n) is 1.77. The first-order valence-electron chi connectivity index (χ1n) is 5.32. The van der Waals surface area contributed by atoms with Gasteiger partial charge in [0.1, 0.15) is 0 Å². The fourth-order valence-corrected chi connectivity index (χ4v) is 1.77. The monoisotopic (exact) mass is 200 g/mol. The quantitative estimate of drug-likeness (QED) is 0.706. The highest BCUT2D eigenvalue weighted by Gasteiger charge is 2.21. The Kier molecular flexibility index (Phi) is 4.90. The van der Waals surface area contributed by atoms with Crippen LogP contribution in [-0.4, -0.2) is 50.2 Å². The molecule has 1 saturated heterocycles. The Balaban J connectivity index is 2.24. The normalized spacial score (nSPS) is 18.6. The third-order valence-corrected chi connectivity index (χ3v) is 2.53. The smallest absolute Gasteiger partial charge is 0.236 e. The zero-order valence-electron chi connectivity index (χ0n) is 9.08. The fraction of sp³-hybridized carbons (Fsp3) is 0.900. The van der Waals surface area contributed by atoms with E-state index in [0.717, 1.165) is 32.5 Å². The molecule has 1 aliphatic rings. The zero-order valence-corrected chi connectivity index (χ0v) is 9.08. The van der Waals surface area contributed by atoms with Gasteiger partial charge in [0.15, 0.2) is 0 Å². The van der Waals surface area contributed by atoms with E-state index >= 15 is 0 Å². The van der Waals surface area contributed by atoms with Gasteiger partial charge >= 0.3 is 0 Å². The number of hydrogen-bond donors (Lipinski definition) is 1. The molecule has 0 radical (unpaired) electrons. The van der Waals surface area contributed by atoms with Crippen LogP contribution in [0, 0.1) is 0 Å². The van der Waals surface area contributed by atoms with Crippen LogP contribution in [0.15, 0.2) is 0 Å². The first-order valence-corrected chi connectivity index (χ1v) is 5.32. The first-order chi connectivity index (χ1) is 6.77. The summed E-state index contributed by atoms with van der Waals surface area (Å²) in [6.07, 6.45) is 2.31. The Morgan fingerprint density at radius 3 is 2.64 bits per heavy atom. The molecule has 0 aliphatic carbocycles. The summed E-state index contributed by atoms with van der Waals surface area (Å²) in [5, 5.41) is 2.88. The van der Waals surface area contributed by atoms with E-state index in [1.807, 2.05) is 11.8 Å². The highest BCUT2D eigenvalue weighted by molar-refractivity contribution is 5.78. The Hall–Kier alpha value is -0.610. The lowest BCUT2D eigenvalue weighted by molar-refractivity contribution is -0.132. The lowest BCUT2D eigenvalue weighted by Crippen LogP contribution is -2.44. The predicted octanol–water partition coefficient (Wildman–Crippen LogP) is 0.233. The van der Waals surface area contributed by atoms with Gasteiger partial charge in [-0.05, 0) is 26.8 Å². The summed E-state index contributed by atoms with van der Waals surface area (Å²) in [6.45, 7) is 4.91. The molecule has 0 bridgehead atoms. The Morgan fingerprint density at radius 2 is 2.14 bits per heavy atom. The van der Waals surface area contributed by atoms with Crippen molar-refractivity contribution in [3.63, 3.8) is 0 Å². The molecule has 4 nitrogen and oxygen atoms in total. The van der Waals surface area contributed by atoms with E-state index in [4.69, 9.17) is 4.74 Å². The van der Waals surface area contributed by atoms with Crippen molar-refractivity contribution in [1.82, 2.24) is 10.2 Å². The number of carbonyl (C=O) groups is 1. The van der Waals surface area contributed by atoms with Crippen LogP contribution < -0.4 is 5.32 Å². The molecule has 0 atom stereocenters. The molecule has 14 heavy (non-hydrogen) atoms. The second kappa shape index (κ2) is 5.98. The van der Waals surface area contributed by atoms with Crippen LogP contribution in [0.2, 0.25) is 0 Å². The van der Waals surface area contributed by atoms with Crippen LogP contribution in [0.4, 0.5) is 0 Å². The van der Waals surface area contributed by atoms with Gasteiger partial charge in [0.05, 0.1) is 12.6 Å². The van der Waals surface area contributed by atoms with Gasteiger partial charge in [-0.1, -0.05) is 0 Å². The second-order valence-electron chi connectivity index (χ2n) is 3.57. The van der Waals surface area contributed by atoms with Gasteiger partial charge < -0.3 is 15.0 Å². The highest BCUT2D eigenvalue weighted by atomic mass is 16.5. The number of piperidine rings is 1. The molecule has 4 heteroatoms. The highest BCUT2D eigenvalue weighted by Crippen LogP contribution is 2.13. The zero-order chi connectivity index (χ0) is 10.4. The molecule has 1 N–H and O–H groups in total. The van der Waals surface area contributed by atoms with Crippen LogP contribution in [0.1, 0.15) is 19.8 Å². The third kappa shape index (κ3) is 3.27. The number of likely N-dealkylation sites (N-methyl/N-ethyl adjacent to an activating group) is 1. The number of hydrogen-bond acceptors (Lipinski definition) is 3. The molecule has 1 fully saturated rings. The van der Waals surface area contributed by atoms with Gasteiger partial charge in [0.25, 0.3) is 0 Å². The second-order valence-corrected chi connectivity index (χ2v) is 3.57. The molecule has 0 spiro atoms. The standard InChI is InChI=1S/C10H20N2O2/c1-3-14-9-4-6-12(7-5-9)10(13)8-11-2/h9,11H,3-8H2,1-2H3. The molecule has 0 saturated carbocycles. The van der Waals surface area contributed by atoms with Crippen molar-refractivity contribution in [1.29, 1.82) is 0 Å². The molecule has 82 valence electrons. The Morgan fingerprint density at radius 1 is 1.50 bits per heavy atom. The summed E-state index contributed by atoms with van der Waals surface area (Å²) >= 11 is 0. The van der Waals surface area contributed by atoms with E-state index in [1.54, 1.807) is 7.05 Å². The van der Waals surface area contributed by atoms with Gasteiger partial charge in [-0.25, -0.2) is 0 Å². The molecular weight excluding hydrogens is 180 g/mol. The summed E-state index contributed by atoms with van der Waals surface area (Å²) in [5.41, 5.74) is 0. The van der Waals surface area contributed by atoms with Crippen molar-refractivity contribution in [2.24, 2.45) is 0 Å². The molecule has 0 aromatic carbocycles. The summed E-state index contributed by atoms with van der Waals surface area (Å²) in [4.78, 5) is 13.4. The number of amides is 1. The molecule has 0 aromatic rings. The summed E-state index contributed by atoms with van der Waals surface area (Å²) in [6, 6.07) is 0. The maximum absolute atomic E-state index is 11.5. The minimum Gasteiger partial charge on any atom is -0.378 e. The minimum atomic E-state index is 0.197. The average Bonchev–Trinajstić information content (AvgIpc) is 2.20. The number of ether oxygens (including phenoxy) is 1. The molecule has 0 unspecified atom stereocenters. The predicted molar refractivity (Wildman–Crippen MR) is 55.2 cm³/mol. The number of rotatable bonds is 4. The molecule has 1 heterocycles. The summed E-state index contributed by atoms with van der Waals surface area (Å²) in [5.74, 6) is 0.197. The van der Waals surface area contributed by atoms with Gasteiger partial charge in [-0.2, -0.15) is 0 Å². The maximum atomic E-state index is 11.5. The van der Waals surface area contributed by atoms with Crippen LogP contribution in [-0.2, 0) is 9.53 Å². The average molecular weight is 200 g/mol. The largest absolute Gasteiger partial charge is 0.378 e. The van der Waals surface area contributed by atoms with Crippen molar-refractivity contribution in [2.75, 3.05) is 33.3 Å². The van der Waals surface area contributed by atoms with E-state index in [1.165, 1.54) is 0 Å². The minimum absolute atomic E-state index is 0.197. The van der Waals surface area contributed by atoms with Gasteiger partial charge in [0.2, 0.25) is 5.91 Å². The SMILES string of the molecule is CCOC1CCN(C(=O)CNC)CC1. The van der Waals surface area contributed by atoms with Crippen molar-refractivity contribution in [3.8, 4) is 0 Å². The van der Waals surface area contributed by atoms with E-state index in [2.05, 4.69) is 5.32 Å². The number of nitrogens with one attached hydrogen (secondary N) is 1. The van der Waals surface area contributed by atoms with Gasteiger partial charge in [-0.15, -0.1) is 0 Å². The van der Waals surface area contributed by atoms with E-state index in [9.17, 15) is 4.79 Å². The van der Waals surface area contributed by atoms with E-state index in [0.29, 0.717) is 12.6 Å². The molecule has 1 amide bonds. The number of nitrogens with zero attached hydrogens (tertiary/aromatic N) is 1. The van der Waals surface area contributed by atoms with Crippen molar-refractivity contribution >= 4 is 5.91 Å². The summed E-state index contributed by atoms with van der Waals surface area (Å²) in [7, 11) is 1.80. The van der Waals surface area contributed by atoms with Crippen LogP contribution in [0.5, 0.6) is 0 Å². The molecular formula is C10H20N2O2. The van der Waals surface area contributed by atoms with Crippen molar-refractivity contribution < 1.29 is 9.53 Å². The summed E-state index contributed by atoms with van der Waals surface area (Å²) < 4.78 is 5.52. The maximum Gasteiger partial charge on any atom is 0.236 e. The number of carbonyl (C=O) groups excluding carboxylic acids is 1. The molecule has 1 aliphatic heterocycles. The van der Waals surface area contributed by atoms with Crippen LogP contribution >= 0.6 is 0 Å². The van der Waals surface area contributed by atoms with Crippen LogP contribution in [0.25, 0.3) is 0 Å². The van der Waals surface area contributed by atoms with E-state index in [-0.39, 0.29) is 5.91 Å². The van der Waals surface area contributed by atoms with Crippen molar-refractivity contribution in [3.05, 3.63) is 0 Å². The van der Waals surface area contributed by atoms with Crippen LogP contribution in [0.3, 0.4) is 0 Å². The number of likely N-dealkylation sites (tertiary alicyclic amines) is 1. The topological polar surface area (TPSA) is 41.6 Å². The van der Waals surface area contributed by atoms with Gasteiger partial charge in [0, 0.05) is 19.7 Å². The van der Waals surface area contributed by atoms with E-state index < -0.39 is 0 Å². The molecule has 1 rings (SSSR count). The lowest BCUT2D eigenvalue weighted by atomic mass is 10.1. The Labute approximate surface area is 85.6 Å². The lowest BCUT2D eigenvalue weighted by Gasteiger charge is -2.31.